The van der Waals surface area contributed by atoms with E-state index in [1.54, 1.807) is 72.7 Å². The molecule has 9 nitrogen and oxygen atoms in total. The zero-order chi connectivity index (χ0) is 27.5. The molecule has 1 aromatic carbocycles. The second kappa shape index (κ2) is 14.1. The van der Waals surface area contributed by atoms with Crippen LogP contribution in [0, 0.1) is 18.3 Å². The van der Waals surface area contributed by atoms with Crippen LogP contribution in [0.1, 0.15) is 72.1 Å². The summed E-state index contributed by atoms with van der Waals surface area (Å²) in [5.41, 5.74) is 0.429. The Kier molecular flexibility index (Phi) is 12.0. The lowest BCUT2D eigenvalue weighted by Gasteiger charge is -2.35. The summed E-state index contributed by atoms with van der Waals surface area (Å²) in [6.45, 7) is 12.7. The molecule has 2 unspecified atom stereocenters. The number of nitrogens with one attached hydrogen (secondary N) is 2. The number of benzene rings is 1. The molecule has 2 N–H and O–H groups in total. The van der Waals surface area contributed by atoms with Crippen LogP contribution in [0.5, 0.6) is 0 Å². The maximum Gasteiger partial charge on any atom is 0.408 e. The predicted molar refractivity (Wildman–Crippen MR) is 137 cm³/mol. The van der Waals surface area contributed by atoms with E-state index in [9.17, 15) is 19.2 Å². The number of alkyl carbamates (subject to hydrolysis) is 1. The average molecular weight is 502 g/mol. The average Bonchev–Trinajstić information content (AvgIpc) is 2.79. The number of hydrogen-bond acceptors (Lipinski definition) is 6. The number of nitrogens with zero attached hydrogens (tertiary/aromatic N) is 1. The highest BCUT2D eigenvalue weighted by molar-refractivity contribution is 5.92. The summed E-state index contributed by atoms with van der Waals surface area (Å²) in [4.78, 5) is 52.6. The Balaban J connectivity index is 3.27. The van der Waals surface area contributed by atoms with Crippen molar-refractivity contribution in [3.8, 4) is 12.3 Å². The van der Waals surface area contributed by atoms with E-state index < -0.39 is 41.6 Å². The zero-order valence-electron chi connectivity index (χ0n) is 22.3. The number of likely N-dealkylation sites (N-methyl/N-ethyl adjacent to an activating group) is 1. The van der Waals surface area contributed by atoms with E-state index in [0.717, 1.165) is 0 Å². The van der Waals surface area contributed by atoms with Crippen molar-refractivity contribution in [2.45, 2.75) is 72.6 Å². The standard InChI is InChI=1S/C27H39N3O6/c1-9-19-12-14-20(15-13-19)23(24(32)28-17-16-21(31)35-11-3)30(10-2)25(33)22(18(4)5)29-26(34)36-27(6,7)8/h1,12-15,18,22-23H,10-11,16-17H2,2-8H3,(H,28,32)(H,29,34). The number of terminal acetylenes is 1. The molecule has 0 fully saturated rings. The molecule has 9 heteroatoms. The van der Waals surface area contributed by atoms with Gasteiger partial charge in [0.2, 0.25) is 11.8 Å². The van der Waals surface area contributed by atoms with Crippen molar-refractivity contribution in [3.05, 3.63) is 35.4 Å². The van der Waals surface area contributed by atoms with Crippen LogP contribution in [0.3, 0.4) is 0 Å². The third-order valence-electron chi connectivity index (χ3n) is 5.12. The highest BCUT2D eigenvalue weighted by Crippen LogP contribution is 2.24. The molecular formula is C27H39N3O6. The number of esters is 1. The van der Waals surface area contributed by atoms with Gasteiger partial charge in [0.15, 0.2) is 0 Å². The van der Waals surface area contributed by atoms with Crippen LogP contribution in [0.4, 0.5) is 4.79 Å². The van der Waals surface area contributed by atoms with Gasteiger partial charge in [0.05, 0.1) is 13.0 Å². The lowest BCUT2D eigenvalue weighted by atomic mass is 9.98. The van der Waals surface area contributed by atoms with E-state index in [2.05, 4.69) is 16.6 Å². The lowest BCUT2D eigenvalue weighted by molar-refractivity contribution is -0.144. The summed E-state index contributed by atoms with van der Waals surface area (Å²) in [5.74, 6) is 0.902. The van der Waals surface area contributed by atoms with Crippen molar-refractivity contribution in [1.82, 2.24) is 15.5 Å². The highest BCUT2D eigenvalue weighted by Gasteiger charge is 2.36. The van der Waals surface area contributed by atoms with E-state index in [1.807, 2.05) is 0 Å². The van der Waals surface area contributed by atoms with Crippen molar-refractivity contribution in [1.29, 1.82) is 0 Å². The number of carbonyl (C=O) groups is 4. The molecule has 0 saturated carbocycles. The first-order chi connectivity index (χ1) is 16.8. The quantitative estimate of drug-likeness (QED) is 0.356. The summed E-state index contributed by atoms with van der Waals surface area (Å²) >= 11 is 0. The zero-order valence-corrected chi connectivity index (χ0v) is 22.3. The minimum absolute atomic E-state index is 0.00276. The van der Waals surface area contributed by atoms with Crippen molar-refractivity contribution < 1.29 is 28.7 Å². The van der Waals surface area contributed by atoms with Gasteiger partial charge in [-0.2, -0.15) is 0 Å². The van der Waals surface area contributed by atoms with E-state index in [-0.39, 0.29) is 32.0 Å². The van der Waals surface area contributed by atoms with Gasteiger partial charge in [-0.25, -0.2) is 4.79 Å². The van der Waals surface area contributed by atoms with Crippen molar-refractivity contribution in [2.24, 2.45) is 5.92 Å². The van der Waals surface area contributed by atoms with E-state index in [0.29, 0.717) is 11.1 Å². The van der Waals surface area contributed by atoms with Crippen LogP contribution in [-0.4, -0.2) is 60.1 Å². The van der Waals surface area contributed by atoms with Crippen LogP contribution in [0.25, 0.3) is 0 Å². The second-order valence-electron chi connectivity index (χ2n) is 9.51. The van der Waals surface area contributed by atoms with Gasteiger partial charge in [-0.3, -0.25) is 14.4 Å². The van der Waals surface area contributed by atoms with Gasteiger partial charge in [-0.15, -0.1) is 6.42 Å². The number of hydrogen-bond donors (Lipinski definition) is 2. The minimum atomic E-state index is -1.02. The van der Waals surface area contributed by atoms with Gasteiger partial charge in [-0.1, -0.05) is 31.9 Å². The van der Waals surface area contributed by atoms with Gasteiger partial charge in [0, 0.05) is 18.7 Å². The molecule has 198 valence electrons. The third kappa shape index (κ3) is 9.61. The second-order valence-corrected chi connectivity index (χ2v) is 9.51. The first kappa shape index (κ1) is 30.5. The Morgan fingerprint density at radius 1 is 1.08 bits per heavy atom. The van der Waals surface area contributed by atoms with Crippen LogP contribution in [0.15, 0.2) is 24.3 Å². The maximum absolute atomic E-state index is 13.7. The van der Waals surface area contributed by atoms with Crippen molar-refractivity contribution >= 4 is 23.9 Å². The van der Waals surface area contributed by atoms with Gasteiger partial charge < -0.3 is 25.0 Å². The van der Waals surface area contributed by atoms with Crippen LogP contribution in [0.2, 0.25) is 0 Å². The molecule has 2 atom stereocenters. The number of rotatable bonds is 11. The van der Waals surface area contributed by atoms with Crippen LogP contribution >= 0.6 is 0 Å². The first-order valence-corrected chi connectivity index (χ1v) is 12.1. The molecule has 1 aromatic rings. The Labute approximate surface area is 214 Å². The smallest absolute Gasteiger partial charge is 0.408 e. The summed E-state index contributed by atoms with van der Waals surface area (Å²) in [5, 5.41) is 5.37. The molecule has 36 heavy (non-hydrogen) atoms. The normalized spacial score (nSPS) is 12.6. The molecule has 0 spiro atoms. The van der Waals surface area contributed by atoms with E-state index >= 15 is 0 Å². The van der Waals surface area contributed by atoms with Crippen molar-refractivity contribution in [3.63, 3.8) is 0 Å². The van der Waals surface area contributed by atoms with Crippen LogP contribution in [-0.2, 0) is 23.9 Å². The van der Waals surface area contributed by atoms with Gasteiger partial charge in [-0.05, 0) is 58.2 Å². The largest absolute Gasteiger partial charge is 0.466 e. The molecule has 1 rings (SSSR count). The molecule has 0 aromatic heterocycles. The molecule has 0 aliphatic rings. The monoisotopic (exact) mass is 501 g/mol. The summed E-state index contributed by atoms with van der Waals surface area (Å²) < 4.78 is 10.2. The SMILES string of the molecule is C#Cc1ccc(C(C(=O)NCCC(=O)OCC)N(CC)C(=O)C(NC(=O)OC(C)(C)C)C(C)C)cc1. The summed E-state index contributed by atoms with van der Waals surface area (Å²) in [6, 6.07) is 4.80. The maximum atomic E-state index is 13.7. The van der Waals surface area contributed by atoms with Crippen LogP contribution < -0.4 is 10.6 Å². The molecule has 0 aliphatic heterocycles. The highest BCUT2D eigenvalue weighted by atomic mass is 16.6. The number of carbonyl (C=O) groups excluding carboxylic acids is 4. The Morgan fingerprint density at radius 3 is 2.17 bits per heavy atom. The molecule has 3 amide bonds. The predicted octanol–water partition coefficient (Wildman–Crippen LogP) is 3.18. The fraction of sp³-hybridized carbons (Fsp3) is 0.556. The van der Waals surface area contributed by atoms with Gasteiger partial charge in [0.1, 0.15) is 17.7 Å². The molecule has 0 radical (unpaired) electrons. The van der Waals surface area contributed by atoms with Gasteiger partial charge >= 0.3 is 12.1 Å². The Bertz CT molecular complexity index is 944. The number of amides is 3. The minimum Gasteiger partial charge on any atom is -0.466 e. The molecular weight excluding hydrogens is 462 g/mol. The van der Waals surface area contributed by atoms with Gasteiger partial charge in [0.25, 0.3) is 0 Å². The fourth-order valence-electron chi connectivity index (χ4n) is 3.44. The topological polar surface area (TPSA) is 114 Å². The molecule has 0 aliphatic carbocycles. The third-order valence-corrected chi connectivity index (χ3v) is 5.12. The van der Waals surface area contributed by atoms with E-state index in [1.165, 1.54) is 4.90 Å². The molecule has 0 saturated heterocycles. The fourth-order valence-corrected chi connectivity index (χ4v) is 3.44. The Hall–Kier alpha value is -3.54. The first-order valence-electron chi connectivity index (χ1n) is 12.1. The summed E-state index contributed by atoms with van der Waals surface area (Å²) in [7, 11) is 0. The number of ether oxygens (including phenoxy) is 2. The van der Waals surface area contributed by atoms with E-state index in [4.69, 9.17) is 15.9 Å². The molecule has 0 bridgehead atoms. The Morgan fingerprint density at radius 2 is 1.69 bits per heavy atom. The van der Waals surface area contributed by atoms with Crippen molar-refractivity contribution in [2.75, 3.05) is 19.7 Å². The summed E-state index contributed by atoms with van der Waals surface area (Å²) in [6.07, 6.45) is 4.74. The lowest BCUT2D eigenvalue weighted by Crippen LogP contribution is -2.54. The molecule has 0 heterocycles.